The summed E-state index contributed by atoms with van der Waals surface area (Å²) in [4.78, 5) is 12.0. The highest BCUT2D eigenvalue weighted by atomic mass is 16.4. The molecule has 2 saturated carbocycles. The van der Waals surface area contributed by atoms with Crippen molar-refractivity contribution in [2.75, 3.05) is 0 Å². The lowest BCUT2D eigenvalue weighted by molar-refractivity contribution is -0.168. The fraction of sp³-hybridized carbons (Fsp3) is 0.750. The Labute approximate surface area is 139 Å². The molecular formula is C20H30O3. The van der Waals surface area contributed by atoms with Gasteiger partial charge in [-0.2, -0.15) is 0 Å². The number of hydrogen-bond acceptors (Lipinski definition) is 2. The Morgan fingerprint density at radius 2 is 2.00 bits per heavy atom. The standard InChI is InChI=1S/C20H30O3/c1-5-18(2)10-7-14-13(12-18)15(21)11-16-19(14,3)8-6-9-20(16,4)17(22)23/h5,12,14-16,21H,1,6-11H2,2-4H3,(H,22,23)/t14-,15+,16+,18-,19+,20+/m0/s1. The van der Waals surface area contributed by atoms with Gasteiger partial charge < -0.3 is 10.2 Å². The average Bonchev–Trinajstić information content (AvgIpc) is 2.50. The van der Waals surface area contributed by atoms with Crippen LogP contribution in [0, 0.1) is 28.1 Å². The molecule has 3 nitrogen and oxygen atoms in total. The minimum absolute atomic E-state index is 0.0149. The lowest BCUT2D eigenvalue weighted by atomic mass is 9.44. The van der Waals surface area contributed by atoms with E-state index in [1.54, 1.807) is 0 Å². The molecule has 23 heavy (non-hydrogen) atoms. The molecule has 128 valence electrons. The molecule has 0 spiro atoms. The first kappa shape index (κ1) is 16.8. The molecule has 0 radical (unpaired) electrons. The number of aliphatic carboxylic acids is 1. The number of allylic oxidation sites excluding steroid dienone is 2. The number of rotatable bonds is 2. The Morgan fingerprint density at radius 1 is 1.30 bits per heavy atom. The van der Waals surface area contributed by atoms with E-state index in [0.717, 1.165) is 37.7 Å². The molecule has 0 bridgehead atoms. The monoisotopic (exact) mass is 318 g/mol. The van der Waals surface area contributed by atoms with Gasteiger partial charge in [-0.15, -0.1) is 6.58 Å². The number of aliphatic hydroxyl groups excluding tert-OH is 1. The third kappa shape index (κ3) is 2.31. The minimum atomic E-state index is -0.710. The third-order valence-electron chi connectivity index (χ3n) is 7.44. The molecule has 0 amide bonds. The van der Waals surface area contributed by atoms with Gasteiger partial charge in [0.2, 0.25) is 0 Å². The van der Waals surface area contributed by atoms with Gasteiger partial charge in [0, 0.05) is 5.41 Å². The van der Waals surface area contributed by atoms with Crippen molar-refractivity contribution in [2.45, 2.75) is 65.4 Å². The average molecular weight is 318 g/mol. The molecule has 0 unspecified atom stereocenters. The highest BCUT2D eigenvalue weighted by molar-refractivity contribution is 5.75. The summed E-state index contributed by atoms with van der Waals surface area (Å²) in [5, 5.41) is 20.6. The molecule has 0 aliphatic heterocycles. The predicted octanol–water partition coefficient (Wildman–Crippen LogP) is 4.18. The van der Waals surface area contributed by atoms with Crippen LogP contribution in [0.5, 0.6) is 0 Å². The summed E-state index contributed by atoms with van der Waals surface area (Å²) in [7, 11) is 0. The van der Waals surface area contributed by atoms with Crippen molar-refractivity contribution in [3.63, 3.8) is 0 Å². The van der Waals surface area contributed by atoms with Crippen LogP contribution < -0.4 is 0 Å². The number of aliphatic hydroxyl groups is 1. The van der Waals surface area contributed by atoms with E-state index in [1.165, 1.54) is 0 Å². The molecule has 0 aromatic heterocycles. The molecule has 0 saturated heterocycles. The third-order valence-corrected chi connectivity index (χ3v) is 7.44. The van der Waals surface area contributed by atoms with Gasteiger partial charge in [-0.05, 0) is 61.9 Å². The normalized spacial score (nSPS) is 49.6. The first-order valence-electron chi connectivity index (χ1n) is 8.94. The number of hydrogen-bond donors (Lipinski definition) is 2. The molecule has 0 aromatic carbocycles. The van der Waals surface area contributed by atoms with Gasteiger partial charge in [-0.25, -0.2) is 0 Å². The van der Waals surface area contributed by atoms with Crippen LogP contribution in [0.3, 0.4) is 0 Å². The molecule has 3 heteroatoms. The van der Waals surface area contributed by atoms with Crippen molar-refractivity contribution < 1.29 is 15.0 Å². The van der Waals surface area contributed by atoms with E-state index in [0.29, 0.717) is 12.3 Å². The van der Waals surface area contributed by atoms with Crippen molar-refractivity contribution in [3.8, 4) is 0 Å². The fourth-order valence-electron chi connectivity index (χ4n) is 5.85. The smallest absolute Gasteiger partial charge is 0.309 e. The van der Waals surface area contributed by atoms with Gasteiger partial charge in [-0.1, -0.05) is 32.4 Å². The fourth-order valence-corrected chi connectivity index (χ4v) is 5.85. The topological polar surface area (TPSA) is 57.5 Å². The summed E-state index contributed by atoms with van der Waals surface area (Å²) in [5.74, 6) is -0.338. The van der Waals surface area contributed by atoms with Gasteiger partial charge in [0.1, 0.15) is 0 Å². The van der Waals surface area contributed by atoms with Crippen LogP contribution in [0.15, 0.2) is 24.3 Å². The maximum absolute atomic E-state index is 12.0. The minimum Gasteiger partial charge on any atom is -0.481 e. The zero-order valence-electron chi connectivity index (χ0n) is 14.6. The molecule has 0 heterocycles. The van der Waals surface area contributed by atoms with Gasteiger partial charge in [-0.3, -0.25) is 4.79 Å². The first-order chi connectivity index (χ1) is 10.7. The van der Waals surface area contributed by atoms with Crippen LogP contribution in [0.4, 0.5) is 0 Å². The highest BCUT2D eigenvalue weighted by Gasteiger charge is 2.60. The Hall–Kier alpha value is -1.09. The summed E-state index contributed by atoms with van der Waals surface area (Å²) in [6.07, 6.45) is 9.10. The molecular weight excluding hydrogens is 288 g/mol. The van der Waals surface area contributed by atoms with Crippen molar-refractivity contribution in [1.82, 2.24) is 0 Å². The summed E-state index contributed by atoms with van der Waals surface area (Å²) in [6, 6.07) is 0. The van der Waals surface area contributed by atoms with E-state index in [-0.39, 0.29) is 16.7 Å². The van der Waals surface area contributed by atoms with Crippen molar-refractivity contribution in [2.24, 2.45) is 28.1 Å². The number of fused-ring (bicyclic) bond motifs is 3. The summed E-state index contributed by atoms with van der Waals surface area (Å²) < 4.78 is 0. The molecule has 3 aliphatic rings. The van der Waals surface area contributed by atoms with Crippen LogP contribution >= 0.6 is 0 Å². The van der Waals surface area contributed by atoms with Gasteiger partial charge in [0.25, 0.3) is 0 Å². The Morgan fingerprint density at radius 3 is 2.61 bits per heavy atom. The van der Waals surface area contributed by atoms with E-state index in [1.807, 2.05) is 13.0 Å². The van der Waals surface area contributed by atoms with E-state index in [4.69, 9.17) is 0 Å². The molecule has 2 fully saturated rings. The number of carbonyl (C=O) groups is 1. The quantitative estimate of drug-likeness (QED) is 0.751. The zero-order chi connectivity index (χ0) is 17.0. The lowest BCUT2D eigenvalue weighted by Crippen LogP contribution is -2.57. The summed E-state index contributed by atoms with van der Waals surface area (Å²) in [5.41, 5.74) is 0.380. The van der Waals surface area contributed by atoms with Crippen LogP contribution in [0.1, 0.15) is 59.3 Å². The second kappa shape index (κ2) is 5.20. The maximum Gasteiger partial charge on any atom is 0.309 e. The van der Waals surface area contributed by atoms with E-state index < -0.39 is 17.5 Å². The Kier molecular flexibility index (Phi) is 3.79. The molecule has 2 N–H and O–H groups in total. The summed E-state index contributed by atoms with van der Waals surface area (Å²) >= 11 is 0. The van der Waals surface area contributed by atoms with Gasteiger partial charge in [0.15, 0.2) is 0 Å². The van der Waals surface area contributed by atoms with E-state index in [9.17, 15) is 15.0 Å². The van der Waals surface area contributed by atoms with E-state index >= 15 is 0 Å². The van der Waals surface area contributed by atoms with E-state index in [2.05, 4.69) is 26.5 Å². The predicted molar refractivity (Wildman–Crippen MR) is 90.9 cm³/mol. The SMILES string of the molecule is C=C[C@]1(C)C=C2[C@H](O)C[C@@H]3[C@](C)(CCC[C@@]3(C)C(=O)O)[C@H]2CC1. The zero-order valence-corrected chi connectivity index (χ0v) is 14.6. The van der Waals surface area contributed by atoms with Crippen molar-refractivity contribution >= 4 is 5.97 Å². The largest absolute Gasteiger partial charge is 0.481 e. The van der Waals surface area contributed by atoms with Crippen LogP contribution in [-0.2, 0) is 4.79 Å². The van der Waals surface area contributed by atoms with Gasteiger partial charge >= 0.3 is 5.97 Å². The first-order valence-corrected chi connectivity index (χ1v) is 8.94. The maximum atomic E-state index is 12.0. The van der Waals surface area contributed by atoms with Crippen molar-refractivity contribution in [3.05, 3.63) is 24.3 Å². The molecule has 6 atom stereocenters. The number of carboxylic acid groups (broad SMARTS) is 1. The van der Waals surface area contributed by atoms with Crippen LogP contribution in [0.2, 0.25) is 0 Å². The Balaban J connectivity index is 2.05. The van der Waals surface area contributed by atoms with Crippen LogP contribution in [-0.4, -0.2) is 22.3 Å². The second-order valence-corrected chi connectivity index (χ2v) is 8.83. The molecule has 0 aromatic rings. The summed E-state index contributed by atoms with van der Waals surface area (Å²) in [6.45, 7) is 10.3. The Bertz CT molecular complexity index is 565. The second-order valence-electron chi connectivity index (χ2n) is 8.83. The molecule has 3 aliphatic carbocycles. The molecule has 3 rings (SSSR count). The number of carboxylic acids is 1. The van der Waals surface area contributed by atoms with Crippen LogP contribution in [0.25, 0.3) is 0 Å². The van der Waals surface area contributed by atoms with Gasteiger partial charge in [0.05, 0.1) is 11.5 Å². The highest BCUT2D eigenvalue weighted by Crippen LogP contribution is 2.63. The lowest BCUT2D eigenvalue weighted by Gasteiger charge is -2.60. The van der Waals surface area contributed by atoms with Crippen molar-refractivity contribution in [1.29, 1.82) is 0 Å².